The summed E-state index contributed by atoms with van der Waals surface area (Å²) in [5, 5.41) is 13.6. The van der Waals surface area contributed by atoms with Gasteiger partial charge in [-0.05, 0) is 44.0 Å². The average molecular weight is 304 g/mol. The molecule has 22 heavy (non-hydrogen) atoms. The van der Waals surface area contributed by atoms with Gasteiger partial charge in [-0.3, -0.25) is 4.79 Å². The zero-order valence-electron chi connectivity index (χ0n) is 12.5. The number of aliphatic hydroxyl groups is 1. The van der Waals surface area contributed by atoms with Gasteiger partial charge in [0.05, 0.1) is 17.8 Å². The van der Waals surface area contributed by atoms with Crippen molar-refractivity contribution in [3.63, 3.8) is 0 Å². The van der Waals surface area contributed by atoms with Crippen LogP contribution in [0.5, 0.6) is 0 Å². The standard InChI is InChI=1S/C15H17FN4O2/c1-10-17-13(14(22)19(2)15(9-21)7-8-15)18-20(10)12-5-3-11(16)4-6-12/h3-6,21H,7-9H2,1-2H3. The van der Waals surface area contributed by atoms with Crippen LogP contribution in [0.15, 0.2) is 24.3 Å². The fourth-order valence-electron chi connectivity index (χ4n) is 2.42. The number of carbonyl (C=O) groups excluding carboxylic acids is 1. The van der Waals surface area contributed by atoms with Gasteiger partial charge in [0.2, 0.25) is 5.82 Å². The van der Waals surface area contributed by atoms with Gasteiger partial charge in [0, 0.05) is 7.05 Å². The SMILES string of the molecule is Cc1nc(C(=O)N(C)C2(CO)CC2)nn1-c1ccc(F)cc1. The molecule has 0 spiro atoms. The van der Waals surface area contributed by atoms with Crippen molar-refractivity contribution >= 4 is 5.91 Å². The minimum absolute atomic E-state index is 0.0626. The lowest BCUT2D eigenvalue weighted by Gasteiger charge is -2.24. The van der Waals surface area contributed by atoms with Crippen LogP contribution in [0.25, 0.3) is 5.69 Å². The van der Waals surface area contributed by atoms with E-state index in [4.69, 9.17) is 0 Å². The third-order valence-electron chi connectivity index (χ3n) is 4.17. The smallest absolute Gasteiger partial charge is 0.293 e. The summed E-state index contributed by atoms with van der Waals surface area (Å²) in [5.74, 6) is -0.0482. The van der Waals surface area contributed by atoms with E-state index >= 15 is 0 Å². The topological polar surface area (TPSA) is 71.2 Å². The first-order valence-electron chi connectivity index (χ1n) is 7.05. The van der Waals surface area contributed by atoms with Crippen molar-refractivity contribution in [3.8, 4) is 5.69 Å². The number of benzene rings is 1. The van der Waals surface area contributed by atoms with E-state index in [0.717, 1.165) is 12.8 Å². The van der Waals surface area contributed by atoms with Crippen LogP contribution in [0.2, 0.25) is 0 Å². The lowest BCUT2D eigenvalue weighted by Crippen LogP contribution is -2.42. The summed E-state index contributed by atoms with van der Waals surface area (Å²) < 4.78 is 14.5. The van der Waals surface area contributed by atoms with E-state index in [1.807, 2.05) is 0 Å². The highest BCUT2D eigenvalue weighted by molar-refractivity contribution is 5.91. The number of likely N-dealkylation sites (N-methyl/N-ethyl adjacent to an activating group) is 1. The highest BCUT2D eigenvalue weighted by Gasteiger charge is 2.48. The second kappa shape index (κ2) is 5.17. The van der Waals surface area contributed by atoms with E-state index in [-0.39, 0.29) is 24.2 Å². The molecule has 6 nitrogen and oxygen atoms in total. The van der Waals surface area contributed by atoms with Crippen molar-refractivity contribution in [2.45, 2.75) is 25.3 Å². The number of rotatable bonds is 4. The van der Waals surface area contributed by atoms with Crippen LogP contribution in [0, 0.1) is 12.7 Å². The molecule has 0 saturated heterocycles. The molecule has 1 amide bonds. The summed E-state index contributed by atoms with van der Waals surface area (Å²) in [6.45, 7) is 1.67. The Morgan fingerprint density at radius 3 is 2.59 bits per heavy atom. The third-order valence-corrected chi connectivity index (χ3v) is 4.17. The monoisotopic (exact) mass is 304 g/mol. The number of aromatic nitrogens is 3. The van der Waals surface area contributed by atoms with Crippen LogP contribution < -0.4 is 0 Å². The fraction of sp³-hybridized carbons (Fsp3) is 0.400. The first kappa shape index (κ1) is 14.6. The maximum Gasteiger partial charge on any atom is 0.293 e. The number of carbonyl (C=O) groups is 1. The molecule has 1 N–H and O–H groups in total. The van der Waals surface area contributed by atoms with Crippen molar-refractivity contribution in [2.24, 2.45) is 0 Å². The minimum Gasteiger partial charge on any atom is -0.394 e. The van der Waals surface area contributed by atoms with Gasteiger partial charge >= 0.3 is 0 Å². The van der Waals surface area contributed by atoms with Crippen LogP contribution in [0.4, 0.5) is 4.39 Å². The number of amides is 1. The normalized spacial score (nSPS) is 15.6. The zero-order chi connectivity index (χ0) is 15.9. The molecule has 7 heteroatoms. The van der Waals surface area contributed by atoms with Gasteiger partial charge in [0.1, 0.15) is 11.6 Å². The Bertz CT molecular complexity index is 707. The first-order chi connectivity index (χ1) is 10.5. The van der Waals surface area contributed by atoms with E-state index in [1.54, 1.807) is 26.1 Å². The first-order valence-corrected chi connectivity index (χ1v) is 7.05. The summed E-state index contributed by atoms with van der Waals surface area (Å²) in [5.41, 5.74) is 0.170. The second-order valence-corrected chi connectivity index (χ2v) is 5.62. The van der Waals surface area contributed by atoms with Crippen molar-refractivity contribution in [3.05, 3.63) is 41.7 Å². The molecule has 3 rings (SSSR count). The maximum atomic E-state index is 13.0. The van der Waals surface area contributed by atoms with Gasteiger partial charge in [0.15, 0.2) is 0 Å². The molecule has 116 valence electrons. The van der Waals surface area contributed by atoms with Crippen LogP contribution in [-0.4, -0.2) is 49.9 Å². The second-order valence-electron chi connectivity index (χ2n) is 5.62. The lowest BCUT2D eigenvalue weighted by atomic mass is 10.2. The number of aryl methyl sites for hydroxylation is 1. The molecule has 0 unspecified atom stereocenters. The average Bonchev–Trinajstić information content (AvgIpc) is 3.23. The highest BCUT2D eigenvalue weighted by atomic mass is 19.1. The Kier molecular flexibility index (Phi) is 3.44. The molecule has 1 aromatic carbocycles. The number of aliphatic hydroxyl groups excluding tert-OH is 1. The fourth-order valence-corrected chi connectivity index (χ4v) is 2.42. The number of nitrogens with zero attached hydrogens (tertiary/aromatic N) is 4. The predicted molar refractivity (Wildman–Crippen MR) is 77.2 cm³/mol. The van der Waals surface area contributed by atoms with Gasteiger partial charge in [-0.15, -0.1) is 5.10 Å². The summed E-state index contributed by atoms with van der Waals surface area (Å²) >= 11 is 0. The lowest BCUT2D eigenvalue weighted by molar-refractivity contribution is 0.0607. The Balaban J connectivity index is 1.89. The van der Waals surface area contributed by atoms with Crippen LogP contribution in [-0.2, 0) is 0 Å². The molecular formula is C15H17FN4O2. The van der Waals surface area contributed by atoms with Crippen molar-refractivity contribution in [1.29, 1.82) is 0 Å². The minimum atomic E-state index is -0.466. The number of halogens is 1. The molecule has 1 aliphatic carbocycles. The van der Waals surface area contributed by atoms with Crippen molar-refractivity contribution < 1.29 is 14.3 Å². The Morgan fingerprint density at radius 2 is 2.05 bits per heavy atom. The van der Waals surface area contributed by atoms with Crippen LogP contribution in [0.3, 0.4) is 0 Å². The van der Waals surface area contributed by atoms with Crippen molar-refractivity contribution in [1.82, 2.24) is 19.7 Å². The van der Waals surface area contributed by atoms with Gasteiger partial charge < -0.3 is 10.0 Å². The Labute approximate surface area is 127 Å². The molecule has 1 heterocycles. The number of hydrogen-bond donors (Lipinski definition) is 1. The number of hydrogen-bond acceptors (Lipinski definition) is 4. The van der Waals surface area contributed by atoms with Crippen LogP contribution in [0.1, 0.15) is 29.3 Å². The van der Waals surface area contributed by atoms with Gasteiger partial charge in [-0.2, -0.15) is 0 Å². The molecule has 1 aliphatic rings. The maximum absolute atomic E-state index is 13.0. The molecule has 0 aliphatic heterocycles. The largest absolute Gasteiger partial charge is 0.394 e. The molecule has 0 radical (unpaired) electrons. The molecule has 0 bridgehead atoms. The quantitative estimate of drug-likeness (QED) is 0.924. The third kappa shape index (κ3) is 2.37. The summed E-state index contributed by atoms with van der Waals surface area (Å²) in [4.78, 5) is 18.2. The van der Waals surface area contributed by atoms with E-state index in [0.29, 0.717) is 11.5 Å². The van der Waals surface area contributed by atoms with Crippen LogP contribution >= 0.6 is 0 Å². The van der Waals surface area contributed by atoms with E-state index < -0.39 is 5.54 Å². The molecular weight excluding hydrogens is 287 g/mol. The molecule has 2 aromatic rings. The van der Waals surface area contributed by atoms with Crippen molar-refractivity contribution in [2.75, 3.05) is 13.7 Å². The zero-order valence-corrected chi connectivity index (χ0v) is 12.5. The Morgan fingerprint density at radius 1 is 1.41 bits per heavy atom. The van der Waals surface area contributed by atoms with Gasteiger partial charge in [-0.1, -0.05) is 0 Å². The van der Waals surface area contributed by atoms with E-state index in [2.05, 4.69) is 10.1 Å². The molecule has 1 aromatic heterocycles. The van der Waals surface area contributed by atoms with E-state index in [9.17, 15) is 14.3 Å². The summed E-state index contributed by atoms with van der Waals surface area (Å²) in [6, 6.07) is 5.81. The van der Waals surface area contributed by atoms with Gasteiger partial charge in [-0.25, -0.2) is 14.1 Å². The highest BCUT2D eigenvalue weighted by Crippen LogP contribution is 2.40. The van der Waals surface area contributed by atoms with E-state index in [1.165, 1.54) is 21.7 Å². The molecule has 1 fully saturated rings. The molecule has 1 saturated carbocycles. The predicted octanol–water partition coefficient (Wildman–Crippen LogP) is 1.31. The summed E-state index contributed by atoms with van der Waals surface area (Å²) in [7, 11) is 1.65. The summed E-state index contributed by atoms with van der Waals surface area (Å²) in [6.07, 6.45) is 1.56. The van der Waals surface area contributed by atoms with Gasteiger partial charge in [0.25, 0.3) is 5.91 Å². The molecule has 0 atom stereocenters. The Hall–Kier alpha value is -2.28.